The highest BCUT2D eigenvalue weighted by Gasteiger charge is 2.36. The molecular weight excluding hydrogens is 378 g/mol. The number of hydrogen-bond acceptors (Lipinski definition) is 8. The van der Waals surface area contributed by atoms with E-state index in [4.69, 9.17) is 4.74 Å². The van der Waals surface area contributed by atoms with Crippen LogP contribution < -0.4 is 10.1 Å². The molecule has 144 valence electrons. The minimum Gasteiger partial charge on any atom is -0.489 e. The monoisotopic (exact) mass is 397 g/mol. The van der Waals surface area contributed by atoms with E-state index in [0.29, 0.717) is 25.5 Å². The normalized spacial score (nSPS) is 20.7. The second kappa shape index (κ2) is 6.55. The smallest absolute Gasteiger partial charge is 0.249 e. The van der Waals surface area contributed by atoms with Gasteiger partial charge in [0.05, 0.1) is 11.7 Å². The van der Waals surface area contributed by atoms with Gasteiger partial charge in [0.25, 0.3) is 0 Å². The van der Waals surface area contributed by atoms with Gasteiger partial charge in [-0.05, 0) is 37.5 Å². The highest BCUT2D eigenvalue weighted by atomic mass is 32.1. The molecule has 1 aromatic carbocycles. The van der Waals surface area contributed by atoms with Crippen molar-refractivity contribution in [1.29, 1.82) is 0 Å². The largest absolute Gasteiger partial charge is 0.489 e. The van der Waals surface area contributed by atoms with Crippen molar-refractivity contribution in [3.63, 3.8) is 0 Å². The molecule has 0 fully saturated rings. The first-order valence-corrected chi connectivity index (χ1v) is 9.92. The highest BCUT2D eigenvalue weighted by molar-refractivity contribution is 7.09. The molecule has 9 nitrogen and oxygen atoms in total. The van der Waals surface area contributed by atoms with E-state index in [1.54, 1.807) is 0 Å². The quantitative estimate of drug-likeness (QED) is 0.705. The van der Waals surface area contributed by atoms with Crippen LogP contribution >= 0.6 is 11.5 Å². The zero-order valence-corrected chi connectivity index (χ0v) is 16.3. The third-order valence-electron chi connectivity index (χ3n) is 5.11. The Balaban J connectivity index is 1.37. The zero-order valence-electron chi connectivity index (χ0n) is 15.5. The van der Waals surface area contributed by atoms with Gasteiger partial charge in [-0.15, -0.1) is 10.2 Å². The second-order valence-corrected chi connectivity index (χ2v) is 7.64. The van der Waals surface area contributed by atoms with Crippen LogP contribution in [-0.2, 0) is 11.3 Å². The minimum absolute atomic E-state index is 0.00422. The van der Waals surface area contributed by atoms with E-state index in [1.165, 1.54) is 11.5 Å². The number of aromatic nitrogens is 5. The number of carbonyl (C=O) groups excluding carboxylic acids is 1. The molecule has 10 heteroatoms. The van der Waals surface area contributed by atoms with Crippen molar-refractivity contribution >= 4 is 23.1 Å². The average Bonchev–Trinajstić information content (AvgIpc) is 3.34. The molecule has 3 aromatic rings. The lowest BCUT2D eigenvalue weighted by atomic mass is 10.1. The second-order valence-electron chi connectivity index (χ2n) is 6.89. The van der Waals surface area contributed by atoms with Crippen molar-refractivity contribution in [1.82, 2.24) is 29.0 Å². The molecule has 0 radical (unpaired) electrons. The van der Waals surface area contributed by atoms with Crippen molar-refractivity contribution in [2.24, 2.45) is 0 Å². The number of carbonyl (C=O) groups is 1. The summed E-state index contributed by atoms with van der Waals surface area (Å²) in [5.74, 6) is 2.98. The number of aryl methyl sites for hydroxylation is 1. The summed E-state index contributed by atoms with van der Waals surface area (Å²) < 4.78 is 12.0. The number of benzene rings is 1. The molecule has 1 unspecified atom stereocenters. The van der Waals surface area contributed by atoms with E-state index in [9.17, 15) is 4.79 Å². The summed E-state index contributed by atoms with van der Waals surface area (Å²) >= 11 is 1.31. The van der Waals surface area contributed by atoms with E-state index >= 15 is 0 Å². The third kappa shape index (κ3) is 2.71. The first-order valence-electron chi connectivity index (χ1n) is 9.14. The Kier molecular flexibility index (Phi) is 4.00. The van der Waals surface area contributed by atoms with E-state index in [2.05, 4.69) is 24.9 Å². The minimum atomic E-state index is -0.419. The van der Waals surface area contributed by atoms with Crippen LogP contribution in [0, 0.1) is 6.92 Å². The van der Waals surface area contributed by atoms with Gasteiger partial charge in [-0.25, -0.2) is 4.98 Å². The Hall–Kier alpha value is -3.01. The fraction of sp³-hybridized carbons (Fsp3) is 0.389. The van der Waals surface area contributed by atoms with Gasteiger partial charge in [0, 0.05) is 13.1 Å². The van der Waals surface area contributed by atoms with E-state index < -0.39 is 6.04 Å². The molecule has 0 saturated carbocycles. The van der Waals surface area contributed by atoms with Gasteiger partial charge in [-0.1, -0.05) is 12.1 Å². The van der Waals surface area contributed by atoms with E-state index in [-0.39, 0.29) is 11.9 Å². The molecule has 2 aliphatic rings. The molecule has 5 rings (SSSR count). The van der Waals surface area contributed by atoms with Gasteiger partial charge in [0.1, 0.15) is 24.2 Å². The number of nitrogens with one attached hydrogen (secondary N) is 1. The number of anilines is 1. The lowest BCUT2D eigenvalue weighted by molar-refractivity contribution is -0.136. The summed E-state index contributed by atoms with van der Waals surface area (Å²) in [5, 5.41) is 12.7. The van der Waals surface area contributed by atoms with Gasteiger partial charge in [-0.2, -0.15) is 4.37 Å². The first-order chi connectivity index (χ1) is 13.6. The molecule has 0 saturated heterocycles. The Bertz CT molecular complexity index is 1050. The summed E-state index contributed by atoms with van der Waals surface area (Å²) in [6.07, 6.45) is 0. The summed E-state index contributed by atoms with van der Waals surface area (Å²) in [5.41, 5.74) is 0.842. The maximum atomic E-state index is 13.2. The predicted octanol–water partition coefficient (Wildman–Crippen LogP) is 1.88. The van der Waals surface area contributed by atoms with Crippen LogP contribution in [-0.4, -0.2) is 54.1 Å². The summed E-state index contributed by atoms with van der Waals surface area (Å²) in [7, 11) is 0. The first kappa shape index (κ1) is 17.1. The van der Waals surface area contributed by atoms with Crippen molar-refractivity contribution in [3.8, 4) is 16.6 Å². The Morgan fingerprint density at radius 3 is 2.96 bits per heavy atom. The maximum Gasteiger partial charge on any atom is 0.249 e. The number of amides is 1. The zero-order chi connectivity index (χ0) is 19.3. The van der Waals surface area contributed by atoms with Crippen LogP contribution in [0.3, 0.4) is 0 Å². The van der Waals surface area contributed by atoms with Crippen LogP contribution in [0.2, 0.25) is 0 Å². The summed E-state index contributed by atoms with van der Waals surface area (Å²) in [4.78, 5) is 19.4. The molecule has 4 heterocycles. The number of ether oxygens (including phenoxy) is 1. The number of rotatable bonds is 2. The Labute approximate surface area is 165 Å². The Morgan fingerprint density at radius 2 is 2.14 bits per heavy atom. The molecule has 28 heavy (non-hydrogen) atoms. The van der Waals surface area contributed by atoms with Gasteiger partial charge in [0.15, 0.2) is 16.7 Å². The van der Waals surface area contributed by atoms with Crippen molar-refractivity contribution in [2.45, 2.75) is 32.5 Å². The highest BCUT2D eigenvalue weighted by Crippen LogP contribution is 2.32. The van der Waals surface area contributed by atoms with Gasteiger partial charge < -0.3 is 19.5 Å². The maximum absolute atomic E-state index is 13.2. The van der Waals surface area contributed by atoms with Crippen LogP contribution in [0.4, 0.5) is 5.69 Å². The third-order valence-corrected chi connectivity index (χ3v) is 5.91. The van der Waals surface area contributed by atoms with Gasteiger partial charge in [0.2, 0.25) is 5.91 Å². The fourth-order valence-corrected chi connectivity index (χ4v) is 4.34. The molecule has 0 aliphatic carbocycles. The molecule has 1 N–H and O–H groups in total. The number of hydrogen-bond donors (Lipinski definition) is 1. The molecule has 0 spiro atoms. The van der Waals surface area contributed by atoms with E-state index in [0.717, 1.165) is 28.1 Å². The average molecular weight is 397 g/mol. The van der Waals surface area contributed by atoms with Crippen LogP contribution in [0.1, 0.15) is 24.6 Å². The van der Waals surface area contributed by atoms with E-state index in [1.807, 2.05) is 47.6 Å². The van der Waals surface area contributed by atoms with Crippen LogP contribution in [0.25, 0.3) is 10.8 Å². The summed E-state index contributed by atoms with van der Waals surface area (Å²) in [6, 6.07) is 7.05. The molecule has 2 aliphatic heterocycles. The SMILES string of the molecule is Cc1nsc(-c2nnc3n2CCN(C(=O)C2COc4ccccc4N2)[C@@H]3C)n1. The number of fused-ring (bicyclic) bond motifs is 2. The molecule has 2 aromatic heterocycles. The standard InChI is InChI=1S/C18H19N7O2S/c1-10-15-21-22-16(17-19-11(2)23-28-17)25(15)8-7-24(10)18(26)13-9-27-14-6-4-3-5-12(14)20-13/h3-6,10,13,20H,7-9H2,1-2H3/t10-,13?/m1/s1. The summed E-state index contributed by atoms with van der Waals surface area (Å²) in [6.45, 7) is 5.34. The molecule has 1 amide bonds. The molecule has 2 atom stereocenters. The lowest BCUT2D eigenvalue weighted by Gasteiger charge is -2.37. The van der Waals surface area contributed by atoms with Crippen LogP contribution in [0.15, 0.2) is 24.3 Å². The van der Waals surface area contributed by atoms with Crippen LogP contribution in [0.5, 0.6) is 5.75 Å². The lowest BCUT2D eigenvalue weighted by Crippen LogP contribution is -2.51. The number of nitrogens with zero attached hydrogens (tertiary/aromatic N) is 6. The van der Waals surface area contributed by atoms with Gasteiger partial charge >= 0.3 is 0 Å². The number of para-hydroxylation sites is 2. The Morgan fingerprint density at radius 1 is 1.29 bits per heavy atom. The van der Waals surface area contributed by atoms with Crippen molar-refractivity contribution < 1.29 is 9.53 Å². The van der Waals surface area contributed by atoms with Gasteiger partial charge in [-0.3, -0.25) is 4.79 Å². The molecule has 0 bridgehead atoms. The predicted molar refractivity (Wildman–Crippen MR) is 103 cm³/mol. The van der Waals surface area contributed by atoms with Crippen molar-refractivity contribution in [3.05, 3.63) is 35.9 Å². The topological polar surface area (TPSA) is 98.1 Å². The molecular formula is C18H19N7O2S. The fourth-order valence-electron chi connectivity index (χ4n) is 3.68. The van der Waals surface area contributed by atoms with Crippen molar-refractivity contribution in [2.75, 3.05) is 18.5 Å².